The number of phenols is 1. The molecule has 0 saturated heterocycles. The monoisotopic (exact) mass is 536 g/mol. The summed E-state index contributed by atoms with van der Waals surface area (Å²) in [7, 11) is 0. The summed E-state index contributed by atoms with van der Waals surface area (Å²) in [6.45, 7) is 18.0. The highest BCUT2D eigenvalue weighted by atomic mass is 16.5. The third-order valence-corrected chi connectivity index (χ3v) is 8.97. The SMILES string of the molecule is CC.CC(C)(C)CC(C)(C)OCc1ccccc1.C[C@]12CCC3c4ccc(O)cc4C(=O)CC3C1CC[C@@H]2O. The first-order valence-corrected chi connectivity index (χ1v) is 15.0. The van der Waals surface area contributed by atoms with Crippen molar-refractivity contribution in [2.75, 3.05) is 0 Å². The fraction of sp³-hybridized carbons (Fsp3) is 0.629. The van der Waals surface area contributed by atoms with Gasteiger partial charge in [-0.1, -0.05) is 77.9 Å². The van der Waals surface area contributed by atoms with Gasteiger partial charge in [-0.2, -0.15) is 0 Å². The number of carbonyl (C=O) groups excluding carboxylic acids is 1. The quantitative estimate of drug-likeness (QED) is 0.410. The van der Waals surface area contributed by atoms with E-state index >= 15 is 0 Å². The molecule has 4 nitrogen and oxygen atoms in total. The summed E-state index contributed by atoms with van der Waals surface area (Å²) >= 11 is 0. The lowest BCUT2D eigenvalue weighted by molar-refractivity contribution is -0.0537. The van der Waals surface area contributed by atoms with E-state index in [4.69, 9.17) is 4.74 Å². The van der Waals surface area contributed by atoms with Gasteiger partial charge in [0, 0.05) is 12.0 Å². The number of hydrogen-bond acceptors (Lipinski definition) is 4. The highest BCUT2D eigenvalue weighted by Crippen LogP contribution is 2.60. The van der Waals surface area contributed by atoms with Crippen molar-refractivity contribution in [3.63, 3.8) is 0 Å². The van der Waals surface area contributed by atoms with Crippen LogP contribution in [0, 0.1) is 22.7 Å². The second-order valence-corrected chi connectivity index (χ2v) is 13.7. The summed E-state index contributed by atoms with van der Waals surface area (Å²) in [6.07, 6.45) is 5.43. The number of fused-ring (bicyclic) bond motifs is 5. The van der Waals surface area contributed by atoms with Gasteiger partial charge in [-0.25, -0.2) is 0 Å². The van der Waals surface area contributed by atoms with Crippen LogP contribution in [0.2, 0.25) is 0 Å². The molecule has 216 valence electrons. The molecule has 2 aromatic rings. The maximum absolute atomic E-state index is 12.5. The molecule has 3 aliphatic carbocycles. The van der Waals surface area contributed by atoms with Crippen LogP contribution in [-0.2, 0) is 11.3 Å². The van der Waals surface area contributed by atoms with E-state index in [1.165, 1.54) is 5.56 Å². The number of rotatable bonds is 4. The van der Waals surface area contributed by atoms with Crippen molar-refractivity contribution < 1.29 is 19.7 Å². The Labute approximate surface area is 237 Å². The van der Waals surface area contributed by atoms with Gasteiger partial charge in [0.1, 0.15) is 5.75 Å². The standard InChI is InChI=1S/C18H22O3.C15H24O.C2H6/c1-18-7-6-12-11-3-2-10(19)8-14(11)16(20)9-13(12)15(18)4-5-17(18)21;1-14(2,3)12-15(4,5)16-11-13-9-7-6-8-10-13;1-2/h2-3,8,12-13,15,17,19,21H,4-7,9H2,1H3;6-10H,11-12H2,1-5H3;1-2H3/t12?,13?,15?,17-,18-;;/m0../s1. The van der Waals surface area contributed by atoms with Crippen LogP contribution < -0.4 is 0 Å². The van der Waals surface area contributed by atoms with E-state index in [1.54, 1.807) is 12.1 Å². The van der Waals surface area contributed by atoms with Crippen molar-refractivity contribution in [1.82, 2.24) is 0 Å². The molecular formula is C35H52O4. The van der Waals surface area contributed by atoms with Gasteiger partial charge in [0.2, 0.25) is 0 Å². The van der Waals surface area contributed by atoms with Crippen LogP contribution in [0.15, 0.2) is 48.5 Å². The number of hydrogen-bond donors (Lipinski definition) is 2. The minimum Gasteiger partial charge on any atom is -0.508 e. The molecule has 39 heavy (non-hydrogen) atoms. The van der Waals surface area contributed by atoms with E-state index in [2.05, 4.69) is 65.8 Å². The lowest BCUT2D eigenvalue weighted by atomic mass is 9.55. The Balaban J connectivity index is 0.000000211. The zero-order chi connectivity index (χ0) is 29.0. The van der Waals surface area contributed by atoms with Crippen LogP contribution in [0.25, 0.3) is 0 Å². The first-order valence-electron chi connectivity index (χ1n) is 15.0. The largest absolute Gasteiger partial charge is 0.508 e. The molecule has 3 unspecified atom stereocenters. The first kappa shape index (κ1) is 31.4. The summed E-state index contributed by atoms with van der Waals surface area (Å²) in [5, 5.41) is 20.0. The first-order chi connectivity index (χ1) is 18.3. The second kappa shape index (κ2) is 12.6. The maximum Gasteiger partial charge on any atom is 0.163 e. The lowest BCUT2D eigenvalue weighted by Crippen LogP contribution is -2.44. The summed E-state index contributed by atoms with van der Waals surface area (Å²) in [5.74, 6) is 1.58. The molecule has 0 spiro atoms. The van der Waals surface area contributed by atoms with E-state index in [9.17, 15) is 15.0 Å². The Morgan fingerprint density at radius 3 is 2.28 bits per heavy atom. The van der Waals surface area contributed by atoms with E-state index in [1.807, 2.05) is 26.0 Å². The van der Waals surface area contributed by atoms with Crippen LogP contribution in [0.5, 0.6) is 5.75 Å². The van der Waals surface area contributed by atoms with Crippen molar-refractivity contribution in [3.8, 4) is 5.75 Å². The average molecular weight is 537 g/mol. The van der Waals surface area contributed by atoms with E-state index in [0.717, 1.165) is 43.2 Å². The molecule has 4 heteroatoms. The molecular weight excluding hydrogens is 484 g/mol. The van der Waals surface area contributed by atoms with Gasteiger partial charge >= 0.3 is 0 Å². The molecule has 2 aromatic carbocycles. The minimum atomic E-state index is -0.209. The summed E-state index contributed by atoms with van der Waals surface area (Å²) in [6, 6.07) is 15.6. The molecule has 0 heterocycles. The van der Waals surface area contributed by atoms with Gasteiger partial charge in [-0.05, 0) is 97.8 Å². The smallest absolute Gasteiger partial charge is 0.163 e. The molecule has 0 aliphatic heterocycles. The highest BCUT2D eigenvalue weighted by Gasteiger charge is 2.55. The van der Waals surface area contributed by atoms with Gasteiger partial charge in [0.05, 0.1) is 18.3 Å². The second-order valence-electron chi connectivity index (χ2n) is 13.7. The number of Topliss-reactive ketones (excluding diaryl/α,β-unsaturated/α-hetero) is 1. The van der Waals surface area contributed by atoms with Gasteiger partial charge in [0.15, 0.2) is 5.78 Å². The van der Waals surface area contributed by atoms with E-state index in [0.29, 0.717) is 36.2 Å². The predicted octanol–water partition coefficient (Wildman–Crippen LogP) is 8.69. The summed E-state index contributed by atoms with van der Waals surface area (Å²) in [4.78, 5) is 12.5. The molecule has 2 N–H and O–H groups in total. The van der Waals surface area contributed by atoms with Gasteiger partial charge in [0.25, 0.3) is 0 Å². The predicted molar refractivity (Wildman–Crippen MR) is 160 cm³/mol. The molecule has 3 aliphatic rings. The van der Waals surface area contributed by atoms with E-state index < -0.39 is 0 Å². The van der Waals surface area contributed by atoms with Crippen LogP contribution in [-0.4, -0.2) is 27.7 Å². The number of aliphatic hydroxyl groups is 1. The third-order valence-electron chi connectivity index (χ3n) is 8.97. The van der Waals surface area contributed by atoms with Crippen molar-refractivity contribution in [2.24, 2.45) is 22.7 Å². The van der Waals surface area contributed by atoms with Crippen molar-refractivity contribution >= 4 is 5.78 Å². The number of benzene rings is 2. The number of ether oxygens (including phenoxy) is 1. The molecule has 5 atom stereocenters. The van der Waals surface area contributed by atoms with Crippen LogP contribution in [0.4, 0.5) is 0 Å². The Morgan fingerprint density at radius 1 is 0.974 bits per heavy atom. The number of aromatic hydroxyl groups is 1. The zero-order valence-corrected chi connectivity index (χ0v) is 25.6. The molecule has 0 radical (unpaired) electrons. The Morgan fingerprint density at radius 2 is 1.64 bits per heavy atom. The number of ketones is 1. The van der Waals surface area contributed by atoms with Crippen molar-refractivity contribution in [1.29, 1.82) is 0 Å². The van der Waals surface area contributed by atoms with E-state index in [-0.39, 0.29) is 28.7 Å². The third kappa shape index (κ3) is 7.52. The Kier molecular flexibility index (Phi) is 10.1. The Hall–Kier alpha value is -2.17. The number of aliphatic hydroxyl groups excluding tert-OH is 1. The zero-order valence-electron chi connectivity index (χ0n) is 25.6. The molecule has 5 rings (SSSR count). The highest BCUT2D eigenvalue weighted by molar-refractivity contribution is 5.99. The van der Waals surface area contributed by atoms with Gasteiger partial charge < -0.3 is 14.9 Å². The Bertz CT molecular complexity index is 1080. The van der Waals surface area contributed by atoms with Gasteiger partial charge in [-0.3, -0.25) is 4.79 Å². The minimum absolute atomic E-state index is 0.00410. The number of phenolic OH excluding ortho intramolecular Hbond substituents is 1. The van der Waals surface area contributed by atoms with Crippen LogP contribution in [0.3, 0.4) is 0 Å². The van der Waals surface area contributed by atoms with Crippen molar-refractivity contribution in [2.45, 2.75) is 118 Å². The normalized spacial score (nSPS) is 27.7. The maximum atomic E-state index is 12.5. The fourth-order valence-electron chi connectivity index (χ4n) is 7.55. The fourth-order valence-corrected chi connectivity index (χ4v) is 7.55. The number of carbonyl (C=O) groups is 1. The van der Waals surface area contributed by atoms with Gasteiger partial charge in [-0.15, -0.1) is 0 Å². The average Bonchev–Trinajstić information content (AvgIpc) is 3.18. The summed E-state index contributed by atoms with van der Waals surface area (Å²) < 4.78 is 5.99. The molecule has 2 saturated carbocycles. The lowest BCUT2D eigenvalue weighted by Gasteiger charge is -2.49. The molecule has 0 bridgehead atoms. The van der Waals surface area contributed by atoms with Crippen LogP contribution >= 0.6 is 0 Å². The topological polar surface area (TPSA) is 66.8 Å². The van der Waals surface area contributed by atoms with Crippen LogP contribution in [0.1, 0.15) is 121 Å². The molecule has 0 amide bonds. The summed E-state index contributed by atoms with van der Waals surface area (Å²) in [5.41, 5.74) is 3.32. The molecule has 0 aromatic heterocycles. The molecule has 2 fully saturated rings. The van der Waals surface area contributed by atoms with Crippen molar-refractivity contribution in [3.05, 3.63) is 65.2 Å².